The SMILES string of the molecule is COc1cc(C2c3c(oc4ccccc4c3=O)C(=O)N2c2cccc(C)c2)ccc1O. The van der Waals surface area contributed by atoms with Gasteiger partial charge in [0.25, 0.3) is 5.91 Å². The Morgan fingerprint density at radius 1 is 1.00 bits per heavy atom. The summed E-state index contributed by atoms with van der Waals surface area (Å²) in [7, 11) is 1.45. The van der Waals surface area contributed by atoms with E-state index in [1.807, 2.05) is 31.2 Å². The van der Waals surface area contributed by atoms with E-state index in [1.165, 1.54) is 13.2 Å². The van der Waals surface area contributed by atoms with Crippen LogP contribution in [0.2, 0.25) is 0 Å². The molecular formula is C25H19NO5. The molecule has 1 aliphatic heterocycles. The molecule has 1 atom stereocenters. The number of amides is 1. The molecule has 2 heterocycles. The number of carbonyl (C=O) groups excluding carboxylic acids is 1. The summed E-state index contributed by atoms with van der Waals surface area (Å²) in [5, 5.41) is 10.5. The van der Waals surface area contributed by atoms with Crippen LogP contribution < -0.4 is 15.1 Å². The summed E-state index contributed by atoms with van der Waals surface area (Å²) in [5.41, 5.74) is 2.65. The maximum atomic E-state index is 13.5. The number of hydrogen-bond acceptors (Lipinski definition) is 5. The largest absolute Gasteiger partial charge is 0.504 e. The van der Waals surface area contributed by atoms with E-state index in [1.54, 1.807) is 41.3 Å². The number of anilines is 1. The van der Waals surface area contributed by atoms with Gasteiger partial charge in [0.05, 0.1) is 24.1 Å². The van der Waals surface area contributed by atoms with Gasteiger partial charge in [-0.15, -0.1) is 0 Å². The van der Waals surface area contributed by atoms with Crippen molar-refractivity contribution < 1.29 is 19.1 Å². The van der Waals surface area contributed by atoms with E-state index in [-0.39, 0.29) is 34.2 Å². The molecule has 1 aromatic heterocycles. The Hall–Kier alpha value is -4.06. The molecule has 1 amide bonds. The van der Waals surface area contributed by atoms with Crippen molar-refractivity contribution in [3.8, 4) is 11.5 Å². The quantitative estimate of drug-likeness (QED) is 0.532. The highest BCUT2D eigenvalue weighted by Crippen LogP contribution is 2.43. The van der Waals surface area contributed by atoms with E-state index < -0.39 is 6.04 Å². The number of phenols is 1. The molecule has 1 unspecified atom stereocenters. The molecule has 0 saturated heterocycles. The zero-order chi connectivity index (χ0) is 21.7. The number of aromatic hydroxyl groups is 1. The van der Waals surface area contributed by atoms with Crippen LogP contribution in [-0.4, -0.2) is 18.1 Å². The lowest BCUT2D eigenvalue weighted by Gasteiger charge is -2.26. The molecule has 0 bridgehead atoms. The van der Waals surface area contributed by atoms with Crippen molar-refractivity contribution in [3.63, 3.8) is 0 Å². The average Bonchev–Trinajstić information content (AvgIpc) is 3.07. The van der Waals surface area contributed by atoms with Gasteiger partial charge < -0.3 is 14.3 Å². The van der Waals surface area contributed by atoms with Gasteiger partial charge in [-0.1, -0.05) is 30.3 Å². The maximum Gasteiger partial charge on any atom is 0.295 e. The predicted molar refractivity (Wildman–Crippen MR) is 117 cm³/mol. The summed E-state index contributed by atoms with van der Waals surface area (Å²) in [6, 6.07) is 18.5. The topological polar surface area (TPSA) is 80.0 Å². The molecule has 6 heteroatoms. The second-order valence-corrected chi connectivity index (χ2v) is 7.52. The maximum absolute atomic E-state index is 13.5. The molecule has 5 rings (SSSR count). The summed E-state index contributed by atoms with van der Waals surface area (Å²) in [6.07, 6.45) is 0. The zero-order valence-corrected chi connectivity index (χ0v) is 17.0. The van der Waals surface area contributed by atoms with Crippen molar-refractivity contribution in [1.82, 2.24) is 0 Å². The Morgan fingerprint density at radius 2 is 1.81 bits per heavy atom. The molecule has 0 aliphatic carbocycles. The Balaban J connectivity index is 1.83. The summed E-state index contributed by atoms with van der Waals surface area (Å²) < 4.78 is 11.2. The summed E-state index contributed by atoms with van der Waals surface area (Å²) >= 11 is 0. The number of para-hydroxylation sites is 1. The molecule has 0 saturated carbocycles. The van der Waals surface area contributed by atoms with E-state index in [4.69, 9.17) is 9.15 Å². The molecule has 0 radical (unpaired) electrons. The second-order valence-electron chi connectivity index (χ2n) is 7.52. The van der Waals surface area contributed by atoms with Crippen molar-refractivity contribution in [2.24, 2.45) is 0 Å². The van der Waals surface area contributed by atoms with Crippen molar-refractivity contribution in [1.29, 1.82) is 0 Å². The number of hydrogen-bond donors (Lipinski definition) is 1. The van der Waals surface area contributed by atoms with Crippen LogP contribution in [0.4, 0.5) is 5.69 Å². The first-order valence-corrected chi connectivity index (χ1v) is 9.82. The van der Waals surface area contributed by atoms with Crippen LogP contribution >= 0.6 is 0 Å². The number of aryl methyl sites for hydroxylation is 1. The lowest BCUT2D eigenvalue weighted by Crippen LogP contribution is -2.29. The fourth-order valence-corrected chi connectivity index (χ4v) is 4.14. The molecule has 1 N–H and O–H groups in total. The average molecular weight is 413 g/mol. The zero-order valence-electron chi connectivity index (χ0n) is 17.0. The molecule has 154 valence electrons. The highest BCUT2D eigenvalue weighted by molar-refractivity contribution is 6.10. The van der Waals surface area contributed by atoms with Crippen LogP contribution in [0.3, 0.4) is 0 Å². The van der Waals surface area contributed by atoms with Gasteiger partial charge in [0, 0.05) is 5.69 Å². The molecule has 6 nitrogen and oxygen atoms in total. The minimum atomic E-state index is -0.723. The van der Waals surface area contributed by atoms with E-state index in [9.17, 15) is 14.7 Å². The number of benzene rings is 3. The fourth-order valence-electron chi connectivity index (χ4n) is 4.14. The van der Waals surface area contributed by atoms with Gasteiger partial charge in [0.15, 0.2) is 16.9 Å². The molecular weight excluding hydrogens is 394 g/mol. The van der Waals surface area contributed by atoms with Crippen molar-refractivity contribution >= 4 is 22.6 Å². The molecule has 3 aromatic carbocycles. The van der Waals surface area contributed by atoms with Crippen molar-refractivity contribution in [2.45, 2.75) is 13.0 Å². The van der Waals surface area contributed by atoms with Gasteiger partial charge in [-0.3, -0.25) is 14.5 Å². The monoisotopic (exact) mass is 413 g/mol. The normalized spacial score (nSPS) is 15.4. The molecule has 31 heavy (non-hydrogen) atoms. The smallest absolute Gasteiger partial charge is 0.295 e. The number of methoxy groups -OCH3 is 1. The summed E-state index contributed by atoms with van der Waals surface area (Å²) in [6.45, 7) is 1.94. The van der Waals surface area contributed by atoms with Crippen molar-refractivity contribution in [2.75, 3.05) is 12.0 Å². The standard InChI is InChI=1S/C25H19NO5/c1-14-6-5-7-16(12-14)26-22(15-10-11-18(27)20(13-15)30-2)21-23(28)17-8-3-4-9-19(17)31-24(21)25(26)29/h3-13,22,27H,1-2H3. The van der Waals surface area contributed by atoms with Gasteiger partial charge in [0.2, 0.25) is 5.76 Å². The third-order valence-corrected chi connectivity index (χ3v) is 5.58. The number of phenolic OH excluding ortho intramolecular Hbond substituents is 1. The first kappa shape index (κ1) is 18.9. The third-order valence-electron chi connectivity index (χ3n) is 5.58. The Labute approximate surface area is 177 Å². The Kier molecular flexibility index (Phi) is 4.29. The van der Waals surface area contributed by atoms with E-state index in [2.05, 4.69) is 0 Å². The van der Waals surface area contributed by atoms with Crippen LogP contribution in [-0.2, 0) is 0 Å². The molecule has 4 aromatic rings. The lowest BCUT2D eigenvalue weighted by molar-refractivity contribution is 0.0971. The summed E-state index contributed by atoms with van der Waals surface area (Å²) in [4.78, 5) is 28.6. The van der Waals surface area contributed by atoms with E-state index in [0.717, 1.165) is 5.56 Å². The molecule has 0 fully saturated rings. The lowest BCUT2D eigenvalue weighted by atomic mass is 9.97. The molecule has 0 spiro atoms. The second kappa shape index (κ2) is 7.02. The number of carbonyl (C=O) groups is 1. The van der Waals surface area contributed by atoms with Crippen LogP contribution in [0, 0.1) is 6.92 Å². The van der Waals surface area contributed by atoms with Gasteiger partial charge in [-0.05, 0) is 54.4 Å². The minimum Gasteiger partial charge on any atom is -0.504 e. The fraction of sp³-hybridized carbons (Fsp3) is 0.120. The predicted octanol–water partition coefficient (Wildman–Crippen LogP) is 4.57. The number of ether oxygens (including phenoxy) is 1. The molecule has 1 aliphatic rings. The van der Waals surface area contributed by atoms with Crippen LogP contribution in [0.25, 0.3) is 11.0 Å². The first-order valence-electron chi connectivity index (χ1n) is 9.82. The number of fused-ring (bicyclic) bond motifs is 2. The highest BCUT2D eigenvalue weighted by Gasteiger charge is 2.43. The van der Waals surface area contributed by atoms with Gasteiger partial charge in [0.1, 0.15) is 5.58 Å². The van der Waals surface area contributed by atoms with Gasteiger partial charge >= 0.3 is 0 Å². The van der Waals surface area contributed by atoms with Gasteiger partial charge in [-0.25, -0.2) is 0 Å². The van der Waals surface area contributed by atoms with Crippen molar-refractivity contribution in [3.05, 3.63) is 99.4 Å². The van der Waals surface area contributed by atoms with E-state index >= 15 is 0 Å². The Bertz CT molecular complexity index is 1400. The summed E-state index contributed by atoms with van der Waals surface area (Å²) in [5.74, 6) is -0.126. The third kappa shape index (κ3) is 2.87. The Morgan fingerprint density at radius 3 is 2.58 bits per heavy atom. The van der Waals surface area contributed by atoms with Crippen LogP contribution in [0.1, 0.15) is 33.3 Å². The number of nitrogens with zero attached hydrogens (tertiary/aromatic N) is 1. The van der Waals surface area contributed by atoms with Gasteiger partial charge in [-0.2, -0.15) is 0 Å². The van der Waals surface area contributed by atoms with E-state index in [0.29, 0.717) is 22.2 Å². The number of rotatable bonds is 3. The highest BCUT2D eigenvalue weighted by atomic mass is 16.5. The van der Waals surface area contributed by atoms with Crippen LogP contribution in [0.5, 0.6) is 11.5 Å². The van der Waals surface area contributed by atoms with Crippen LogP contribution in [0.15, 0.2) is 75.9 Å². The minimum absolute atomic E-state index is 0.0246. The first-order chi connectivity index (χ1) is 15.0.